The number of aliphatic hydroxyl groups excluding tert-OH is 1. The van der Waals surface area contributed by atoms with Gasteiger partial charge in [-0.1, -0.05) is 35.4 Å². The number of nitrogens with one attached hydrogen (secondary N) is 1. The maximum absolute atomic E-state index is 12.1. The number of carbonyl (C=O) groups is 1. The zero-order valence-electron chi connectivity index (χ0n) is 11.2. The number of amides is 1. The molecule has 1 heterocycles. The van der Waals surface area contributed by atoms with Gasteiger partial charge >= 0.3 is 0 Å². The Hall–Kier alpha value is -2.12. The lowest BCUT2D eigenvalue weighted by Gasteiger charge is -2.24. The lowest BCUT2D eigenvalue weighted by atomic mass is 9.95. The maximum atomic E-state index is 12.1. The summed E-state index contributed by atoms with van der Waals surface area (Å²) in [7, 11) is 0. The van der Waals surface area contributed by atoms with Crippen LogP contribution in [0.15, 0.2) is 35.4 Å². The Morgan fingerprint density at radius 2 is 2.24 bits per heavy atom. The monoisotopic (exact) mass is 292 g/mol. The molecule has 8 nitrogen and oxygen atoms in total. The van der Waals surface area contributed by atoms with E-state index >= 15 is 0 Å². The molecule has 0 unspecified atom stereocenters. The number of azide groups is 1. The second kappa shape index (κ2) is 6.55. The summed E-state index contributed by atoms with van der Waals surface area (Å²) < 4.78 is 5.13. The number of hydrogen-bond acceptors (Lipinski definition) is 5. The molecule has 1 aliphatic heterocycles. The molecule has 0 spiro atoms. The van der Waals surface area contributed by atoms with Gasteiger partial charge in [0.2, 0.25) is 0 Å². The molecule has 0 aliphatic carbocycles. The molecule has 2 rings (SSSR count). The third-order valence-corrected chi connectivity index (χ3v) is 3.37. The Bertz CT molecular complexity index is 546. The fraction of sp³-hybridized carbons (Fsp3) is 0.462. The minimum absolute atomic E-state index is 0.147. The lowest BCUT2D eigenvalue weighted by molar-refractivity contribution is -0.148. The SMILES string of the molecule is [N-]=[N+]=NC[C@H]1OC[C@](O)(C(=O)NCc2ccccc2)[C@@H]1O. The highest BCUT2D eigenvalue weighted by Gasteiger charge is 2.52. The van der Waals surface area contributed by atoms with Crippen LogP contribution in [0.5, 0.6) is 0 Å². The van der Waals surface area contributed by atoms with Crippen LogP contribution in [0.25, 0.3) is 10.4 Å². The minimum atomic E-state index is -2.04. The van der Waals surface area contributed by atoms with Crippen LogP contribution in [0.4, 0.5) is 0 Å². The van der Waals surface area contributed by atoms with Gasteiger partial charge in [-0.3, -0.25) is 4.79 Å². The largest absolute Gasteiger partial charge is 0.387 e. The van der Waals surface area contributed by atoms with Crippen LogP contribution >= 0.6 is 0 Å². The van der Waals surface area contributed by atoms with Gasteiger partial charge in [-0.25, -0.2) is 0 Å². The van der Waals surface area contributed by atoms with Crippen molar-refractivity contribution in [3.8, 4) is 0 Å². The van der Waals surface area contributed by atoms with Crippen molar-refractivity contribution >= 4 is 5.91 Å². The standard InChI is InChI=1S/C13H16N4O4/c14-17-16-7-10-11(18)13(20,8-21-10)12(19)15-6-9-4-2-1-3-5-9/h1-5,10-11,18,20H,6-8H2,(H,15,19)/t10-,11-,13-/m1/s1. The molecular formula is C13H16N4O4. The predicted molar refractivity (Wildman–Crippen MR) is 73.0 cm³/mol. The first kappa shape index (κ1) is 15.3. The van der Waals surface area contributed by atoms with E-state index in [9.17, 15) is 15.0 Å². The van der Waals surface area contributed by atoms with Gasteiger partial charge in [0, 0.05) is 11.5 Å². The molecule has 21 heavy (non-hydrogen) atoms. The quantitative estimate of drug-likeness (QED) is 0.404. The van der Waals surface area contributed by atoms with E-state index in [0.29, 0.717) is 0 Å². The summed E-state index contributed by atoms with van der Waals surface area (Å²) in [5.41, 5.74) is 7.07. The van der Waals surface area contributed by atoms with Gasteiger partial charge < -0.3 is 20.3 Å². The van der Waals surface area contributed by atoms with E-state index in [1.54, 1.807) is 0 Å². The summed E-state index contributed by atoms with van der Waals surface area (Å²) in [5, 5.41) is 26.1. The molecule has 0 aromatic heterocycles. The minimum Gasteiger partial charge on any atom is -0.387 e. The molecule has 1 aliphatic rings. The van der Waals surface area contributed by atoms with Crippen LogP contribution in [0.1, 0.15) is 5.56 Å². The lowest BCUT2D eigenvalue weighted by Crippen LogP contribution is -2.55. The Morgan fingerprint density at radius 3 is 2.90 bits per heavy atom. The van der Waals surface area contributed by atoms with Crippen molar-refractivity contribution in [1.29, 1.82) is 0 Å². The summed E-state index contributed by atoms with van der Waals surface area (Å²) in [4.78, 5) is 14.6. The number of carbonyl (C=O) groups excluding carboxylic acids is 1. The Kier molecular flexibility index (Phi) is 4.77. The molecule has 1 aromatic rings. The summed E-state index contributed by atoms with van der Waals surface area (Å²) in [6.07, 6.45) is -2.34. The number of hydrogen-bond donors (Lipinski definition) is 3. The third kappa shape index (κ3) is 3.32. The first-order chi connectivity index (χ1) is 10.1. The second-order valence-electron chi connectivity index (χ2n) is 4.80. The number of aliphatic hydroxyl groups is 2. The summed E-state index contributed by atoms with van der Waals surface area (Å²) >= 11 is 0. The Balaban J connectivity index is 1.96. The number of benzene rings is 1. The van der Waals surface area contributed by atoms with Gasteiger partial charge in [0.15, 0.2) is 5.60 Å². The molecule has 112 valence electrons. The second-order valence-corrected chi connectivity index (χ2v) is 4.80. The van der Waals surface area contributed by atoms with E-state index in [1.165, 1.54) is 0 Å². The highest BCUT2D eigenvalue weighted by atomic mass is 16.5. The van der Waals surface area contributed by atoms with Crippen molar-refractivity contribution in [2.24, 2.45) is 5.11 Å². The molecule has 0 bridgehead atoms. The van der Waals surface area contributed by atoms with Crippen LogP contribution in [0.3, 0.4) is 0 Å². The van der Waals surface area contributed by atoms with Crippen molar-refractivity contribution in [3.05, 3.63) is 46.3 Å². The van der Waals surface area contributed by atoms with Crippen molar-refractivity contribution in [1.82, 2.24) is 5.32 Å². The van der Waals surface area contributed by atoms with E-state index in [4.69, 9.17) is 10.3 Å². The van der Waals surface area contributed by atoms with E-state index in [-0.39, 0.29) is 19.7 Å². The van der Waals surface area contributed by atoms with Crippen molar-refractivity contribution in [2.75, 3.05) is 13.2 Å². The average Bonchev–Trinajstić information content (AvgIpc) is 2.81. The van der Waals surface area contributed by atoms with Crippen molar-refractivity contribution in [2.45, 2.75) is 24.4 Å². The van der Waals surface area contributed by atoms with E-state index in [2.05, 4.69) is 15.3 Å². The maximum Gasteiger partial charge on any atom is 0.257 e. The molecule has 1 amide bonds. The van der Waals surface area contributed by atoms with Gasteiger partial charge in [0.25, 0.3) is 5.91 Å². The first-order valence-electron chi connectivity index (χ1n) is 6.43. The first-order valence-corrected chi connectivity index (χ1v) is 6.43. The molecule has 3 N–H and O–H groups in total. The molecule has 0 radical (unpaired) electrons. The highest BCUT2D eigenvalue weighted by Crippen LogP contribution is 2.25. The van der Waals surface area contributed by atoms with E-state index < -0.39 is 23.7 Å². The molecular weight excluding hydrogens is 276 g/mol. The predicted octanol–water partition coefficient (Wildman–Crippen LogP) is 0.104. The fourth-order valence-corrected chi connectivity index (χ4v) is 2.12. The topological polar surface area (TPSA) is 128 Å². The normalized spacial score (nSPS) is 27.9. The zero-order chi connectivity index (χ0) is 15.3. The average molecular weight is 292 g/mol. The molecule has 0 saturated carbocycles. The van der Waals surface area contributed by atoms with Crippen molar-refractivity contribution < 1.29 is 19.7 Å². The summed E-state index contributed by atoms with van der Waals surface area (Å²) in [5.74, 6) is -0.720. The van der Waals surface area contributed by atoms with E-state index in [1.807, 2.05) is 30.3 Å². The van der Waals surface area contributed by atoms with Gasteiger partial charge in [0.05, 0.1) is 19.3 Å². The van der Waals surface area contributed by atoms with Crippen LogP contribution in [0, 0.1) is 0 Å². The molecule has 1 aromatic carbocycles. The smallest absolute Gasteiger partial charge is 0.257 e. The number of rotatable bonds is 5. The zero-order valence-corrected chi connectivity index (χ0v) is 11.2. The Labute approximate surface area is 121 Å². The van der Waals surface area contributed by atoms with Crippen LogP contribution < -0.4 is 5.32 Å². The van der Waals surface area contributed by atoms with Gasteiger partial charge in [0.1, 0.15) is 6.10 Å². The molecule has 3 atom stereocenters. The fourth-order valence-electron chi connectivity index (χ4n) is 2.12. The van der Waals surface area contributed by atoms with Gasteiger partial charge in [-0.15, -0.1) is 0 Å². The number of ether oxygens (including phenoxy) is 1. The Morgan fingerprint density at radius 1 is 1.52 bits per heavy atom. The summed E-state index contributed by atoms with van der Waals surface area (Å²) in [6.45, 7) is -0.262. The highest BCUT2D eigenvalue weighted by molar-refractivity contribution is 5.86. The molecule has 8 heteroatoms. The molecule has 1 fully saturated rings. The van der Waals surface area contributed by atoms with Crippen molar-refractivity contribution in [3.63, 3.8) is 0 Å². The van der Waals surface area contributed by atoms with Crippen LogP contribution in [-0.4, -0.2) is 47.1 Å². The summed E-state index contributed by atoms with van der Waals surface area (Å²) in [6, 6.07) is 9.18. The van der Waals surface area contributed by atoms with Crippen LogP contribution in [-0.2, 0) is 16.1 Å². The molecule has 1 saturated heterocycles. The van der Waals surface area contributed by atoms with Gasteiger partial charge in [-0.2, -0.15) is 0 Å². The van der Waals surface area contributed by atoms with Crippen LogP contribution in [0.2, 0.25) is 0 Å². The number of nitrogens with zero attached hydrogens (tertiary/aromatic N) is 3. The third-order valence-electron chi connectivity index (χ3n) is 3.37. The van der Waals surface area contributed by atoms with E-state index in [0.717, 1.165) is 5.56 Å². The van der Waals surface area contributed by atoms with Gasteiger partial charge in [-0.05, 0) is 11.1 Å².